The van der Waals surface area contributed by atoms with Crippen LogP contribution in [0.25, 0.3) is 0 Å². The van der Waals surface area contributed by atoms with Gasteiger partial charge in [-0.25, -0.2) is 9.98 Å². The first-order valence-electron chi connectivity index (χ1n) is 12.7. The van der Waals surface area contributed by atoms with Gasteiger partial charge in [-0.3, -0.25) is 4.79 Å². The zero-order valence-corrected chi connectivity index (χ0v) is 23.5. The van der Waals surface area contributed by atoms with E-state index in [2.05, 4.69) is 27.7 Å². The van der Waals surface area contributed by atoms with Crippen LogP contribution in [0.15, 0.2) is 94.4 Å². The number of halogens is 2. The molecule has 0 aromatic heterocycles. The Kier molecular flexibility index (Phi) is 7.98. The number of aliphatic imine (C=N–C) groups is 2. The van der Waals surface area contributed by atoms with Crippen molar-refractivity contribution >= 4 is 52.2 Å². The second-order valence-electron chi connectivity index (χ2n) is 9.89. The van der Waals surface area contributed by atoms with Crippen LogP contribution in [0, 0.1) is 6.92 Å². The van der Waals surface area contributed by atoms with Crippen LogP contribution in [-0.2, 0) is 6.54 Å². The third-order valence-corrected chi connectivity index (χ3v) is 7.28. The molecule has 1 unspecified atom stereocenters. The summed E-state index contributed by atoms with van der Waals surface area (Å²) in [6.45, 7) is 2.79. The summed E-state index contributed by atoms with van der Waals surface area (Å²) in [5, 5.41) is 7.33. The van der Waals surface area contributed by atoms with Crippen molar-refractivity contribution in [3.05, 3.63) is 117 Å². The van der Waals surface area contributed by atoms with E-state index < -0.39 is 0 Å². The minimum Gasteiger partial charge on any atom is -0.324 e. The van der Waals surface area contributed by atoms with Crippen LogP contribution in [0.3, 0.4) is 0 Å². The SMILES string of the molecule is Cc1ccc(CN(C)C)cc1NC(=O)c1ccc(NC2=NC3CC=CC=C3C(c3ccc(Cl)c(Cl)c3)=N2)cc1. The maximum atomic E-state index is 13.0. The first-order chi connectivity index (χ1) is 18.8. The number of hydrogen-bond acceptors (Lipinski definition) is 5. The zero-order valence-electron chi connectivity index (χ0n) is 22.0. The summed E-state index contributed by atoms with van der Waals surface area (Å²) < 4.78 is 0. The maximum absolute atomic E-state index is 13.0. The van der Waals surface area contributed by atoms with E-state index in [-0.39, 0.29) is 11.9 Å². The van der Waals surface area contributed by atoms with Gasteiger partial charge in [0.1, 0.15) is 0 Å². The Morgan fingerprint density at radius 2 is 1.82 bits per heavy atom. The number of nitrogens with one attached hydrogen (secondary N) is 2. The Morgan fingerprint density at radius 1 is 1.03 bits per heavy atom. The van der Waals surface area contributed by atoms with Crippen molar-refractivity contribution in [1.29, 1.82) is 0 Å². The minimum absolute atomic E-state index is 0.0454. The molecule has 0 radical (unpaired) electrons. The topological polar surface area (TPSA) is 69.1 Å². The summed E-state index contributed by atoms with van der Waals surface area (Å²) in [5.74, 6) is 0.337. The lowest BCUT2D eigenvalue weighted by Gasteiger charge is -2.25. The third kappa shape index (κ3) is 6.31. The van der Waals surface area contributed by atoms with E-state index >= 15 is 0 Å². The average Bonchev–Trinajstić information content (AvgIpc) is 2.92. The normalized spacial score (nSPS) is 16.3. The maximum Gasteiger partial charge on any atom is 0.255 e. The van der Waals surface area contributed by atoms with Gasteiger partial charge in [-0.2, -0.15) is 0 Å². The van der Waals surface area contributed by atoms with Gasteiger partial charge in [-0.1, -0.05) is 59.6 Å². The monoisotopic (exact) mass is 557 g/mol. The van der Waals surface area contributed by atoms with Crippen LogP contribution in [0.4, 0.5) is 11.4 Å². The van der Waals surface area contributed by atoms with Gasteiger partial charge in [0, 0.05) is 34.6 Å². The van der Waals surface area contributed by atoms with Crippen molar-refractivity contribution in [1.82, 2.24) is 4.90 Å². The lowest BCUT2D eigenvalue weighted by molar-refractivity contribution is 0.102. The van der Waals surface area contributed by atoms with Gasteiger partial charge in [-0.15, -0.1) is 0 Å². The second-order valence-corrected chi connectivity index (χ2v) is 10.7. The second kappa shape index (κ2) is 11.6. The van der Waals surface area contributed by atoms with Crippen molar-refractivity contribution < 1.29 is 4.79 Å². The Labute approximate surface area is 238 Å². The molecule has 198 valence electrons. The molecule has 1 aliphatic heterocycles. The number of rotatable bonds is 6. The number of guanidine groups is 1. The van der Waals surface area contributed by atoms with Crippen LogP contribution in [-0.4, -0.2) is 42.6 Å². The zero-order chi connectivity index (χ0) is 27.5. The molecule has 1 aliphatic carbocycles. The number of nitrogens with zero attached hydrogens (tertiary/aromatic N) is 3. The van der Waals surface area contributed by atoms with E-state index in [9.17, 15) is 4.79 Å². The Morgan fingerprint density at radius 3 is 2.56 bits per heavy atom. The van der Waals surface area contributed by atoms with E-state index in [0.29, 0.717) is 21.6 Å². The molecule has 0 spiro atoms. The molecule has 0 saturated carbocycles. The molecule has 8 heteroatoms. The van der Waals surface area contributed by atoms with Gasteiger partial charge >= 0.3 is 0 Å². The number of allylic oxidation sites excluding steroid dienone is 2. The molecule has 3 aromatic rings. The Hall–Kier alpha value is -3.71. The highest BCUT2D eigenvalue weighted by Crippen LogP contribution is 2.29. The van der Waals surface area contributed by atoms with Gasteiger partial charge in [-0.05, 0) is 81.0 Å². The molecule has 2 N–H and O–H groups in total. The van der Waals surface area contributed by atoms with Crippen molar-refractivity contribution in [2.75, 3.05) is 24.7 Å². The first kappa shape index (κ1) is 26.9. The molecule has 0 saturated heterocycles. The number of amides is 1. The summed E-state index contributed by atoms with van der Waals surface area (Å²) in [6.07, 6.45) is 6.95. The number of benzene rings is 3. The fourth-order valence-electron chi connectivity index (χ4n) is 4.55. The number of anilines is 2. The fourth-order valence-corrected chi connectivity index (χ4v) is 4.85. The average molecular weight is 559 g/mol. The predicted octanol–water partition coefficient (Wildman–Crippen LogP) is 7.14. The van der Waals surface area contributed by atoms with E-state index in [4.69, 9.17) is 33.2 Å². The van der Waals surface area contributed by atoms with Crippen LogP contribution >= 0.6 is 23.2 Å². The number of aryl methyl sites for hydroxylation is 1. The smallest absolute Gasteiger partial charge is 0.255 e. The molecule has 5 rings (SSSR count). The molecule has 3 aromatic carbocycles. The van der Waals surface area contributed by atoms with Crippen LogP contribution < -0.4 is 10.6 Å². The van der Waals surface area contributed by atoms with Crippen LogP contribution in [0.1, 0.15) is 33.5 Å². The van der Waals surface area contributed by atoms with Crippen molar-refractivity contribution in [2.24, 2.45) is 9.98 Å². The number of hydrogen-bond donors (Lipinski definition) is 2. The van der Waals surface area contributed by atoms with Gasteiger partial charge in [0.25, 0.3) is 5.91 Å². The largest absolute Gasteiger partial charge is 0.324 e. The van der Waals surface area contributed by atoms with Crippen molar-refractivity contribution in [3.8, 4) is 0 Å². The van der Waals surface area contributed by atoms with E-state index in [1.807, 2.05) is 69.6 Å². The standard InChI is InChI=1S/C31H29Cl2N5O/c1-19-8-9-20(18-38(2)3)16-28(19)35-30(39)21-10-13-23(14-11-21)34-31-36-27-7-5-4-6-24(27)29(37-31)22-12-15-25(32)26(33)17-22/h4-6,8-17,27H,7,18H2,1-3H3,(H,34,36)(H,35,39). The summed E-state index contributed by atoms with van der Waals surface area (Å²) >= 11 is 12.4. The Bertz CT molecular complexity index is 1540. The molecule has 2 aliphatic rings. The molecule has 1 atom stereocenters. The number of carbonyl (C=O) groups excluding carboxylic acids is 1. The third-order valence-electron chi connectivity index (χ3n) is 6.54. The quantitative estimate of drug-likeness (QED) is 0.338. The van der Waals surface area contributed by atoms with E-state index in [1.54, 1.807) is 18.2 Å². The van der Waals surface area contributed by atoms with Gasteiger partial charge in [0.2, 0.25) is 5.96 Å². The predicted molar refractivity (Wildman–Crippen MR) is 163 cm³/mol. The van der Waals surface area contributed by atoms with Crippen LogP contribution in [0.5, 0.6) is 0 Å². The highest BCUT2D eigenvalue weighted by Gasteiger charge is 2.26. The molecular weight excluding hydrogens is 529 g/mol. The fraction of sp³-hybridized carbons (Fsp3) is 0.194. The van der Waals surface area contributed by atoms with Gasteiger partial charge in [0.15, 0.2) is 0 Å². The molecule has 6 nitrogen and oxygen atoms in total. The van der Waals surface area contributed by atoms with E-state index in [0.717, 1.165) is 52.3 Å². The lowest BCUT2D eigenvalue weighted by Crippen LogP contribution is -2.28. The number of carbonyl (C=O) groups is 1. The molecular formula is C31H29Cl2N5O. The van der Waals surface area contributed by atoms with Crippen molar-refractivity contribution in [3.63, 3.8) is 0 Å². The van der Waals surface area contributed by atoms with Crippen LogP contribution in [0.2, 0.25) is 10.0 Å². The molecule has 39 heavy (non-hydrogen) atoms. The highest BCUT2D eigenvalue weighted by atomic mass is 35.5. The summed E-state index contributed by atoms with van der Waals surface area (Å²) in [4.78, 5) is 24.7. The highest BCUT2D eigenvalue weighted by molar-refractivity contribution is 6.42. The molecule has 1 amide bonds. The molecule has 0 bridgehead atoms. The first-order valence-corrected chi connectivity index (χ1v) is 13.4. The van der Waals surface area contributed by atoms with E-state index in [1.165, 1.54) is 0 Å². The number of fused-ring (bicyclic) bond motifs is 1. The molecule has 1 heterocycles. The Balaban J connectivity index is 1.33. The lowest BCUT2D eigenvalue weighted by atomic mass is 9.90. The summed E-state index contributed by atoms with van der Waals surface area (Å²) in [5.41, 5.74) is 7.04. The minimum atomic E-state index is -0.162. The van der Waals surface area contributed by atoms with Crippen molar-refractivity contribution in [2.45, 2.75) is 25.9 Å². The summed E-state index contributed by atoms with van der Waals surface area (Å²) in [7, 11) is 4.04. The van der Waals surface area contributed by atoms with Gasteiger partial charge < -0.3 is 15.5 Å². The molecule has 0 fully saturated rings. The summed E-state index contributed by atoms with van der Waals surface area (Å²) in [6, 6.07) is 18.9. The van der Waals surface area contributed by atoms with Gasteiger partial charge in [0.05, 0.1) is 21.8 Å².